The highest BCUT2D eigenvalue weighted by Gasteiger charge is 2.16. The lowest BCUT2D eigenvalue weighted by molar-refractivity contribution is 0.412. The molecule has 2 rings (SSSR count). The topological polar surface area (TPSA) is 111 Å². The van der Waals surface area contributed by atoms with E-state index in [1.807, 2.05) is 6.07 Å². The molecule has 0 bridgehead atoms. The number of nitrogen functional groups attached to an aromatic ring is 2. The number of anilines is 2. The molecule has 0 unspecified atom stereocenters. The van der Waals surface area contributed by atoms with Crippen LogP contribution >= 0.6 is 27.5 Å². The van der Waals surface area contributed by atoms with Crippen LogP contribution in [0.1, 0.15) is 5.56 Å². The second-order valence-electron chi connectivity index (χ2n) is 3.78. The molecule has 0 fully saturated rings. The summed E-state index contributed by atoms with van der Waals surface area (Å²) in [6.45, 7) is 0. The second-order valence-corrected chi connectivity index (χ2v) is 5.04. The molecule has 1 aromatic carbocycles. The number of hydrogen-bond donors (Lipinski definition) is 2. The van der Waals surface area contributed by atoms with E-state index in [0.717, 1.165) is 0 Å². The van der Waals surface area contributed by atoms with Crippen LogP contribution in [-0.2, 0) is 0 Å². The van der Waals surface area contributed by atoms with Gasteiger partial charge in [-0.3, -0.25) is 0 Å². The first-order valence-corrected chi connectivity index (χ1v) is 6.51. The Balaban J connectivity index is 2.73. The van der Waals surface area contributed by atoms with Gasteiger partial charge in [0, 0.05) is 5.56 Å². The largest absolute Gasteiger partial charge is 0.494 e. The maximum atomic E-state index is 9.17. The van der Waals surface area contributed by atoms with E-state index in [0.29, 0.717) is 26.5 Å². The second kappa shape index (κ2) is 5.53. The average Bonchev–Trinajstić information content (AvgIpc) is 2.37. The number of aromatic nitrogens is 2. The summed E-state index contributed by atoms with van der Waals surface area (Å²) in [5, 5.41) is 9.54. The molecule has 0 amide bonds. The Bertz CT molecular complexity index is 706. The standard InChI is InChI=1S/C12H9BrClN5O/c1-20-10-7(13)2-5(3-8(10)14)9-6(4-15)11(16)19-12(17)18-9/h2-3H,1H3,(H4,16,17,18,19). The maximum Gasteiger partial charge on any atom is 0.222 e. The van der Waals surface area contributed by atoms with Crippen molar-refractivity contribution in [3.63, 3.8) is 0 Å². The molecule has 0 saturated carbocycles. The molecule has 0 radical (unpaired) electrons. The lowest BCUT2D eigenvalue weighted by Crippen LogP contribution is -2.05. The summed E-state index contributed by atoms with van der Waals surface area (Å²) in [5.74, 6) is 0.501. The normalized spacial score (nSPS) is 10.1. The highest BCUT2D eigenvalue weighted by Crippen LogP contribution is 2.38. The minimum absolute atomic E-state index is 0.0143. The Labute approximate surface area is 128 Å². The van der Waals surface area contributed by atoms with Gasteiger partial charge in [-0.1, -0.05) is 11.6 Å². The first-order valence-electron chi connectivity index (χ1n) is 5.34. The van der Waals surface area contributed by atoms with Gasteiger partial charge in [-0.2, -0.15) is 10.2 Å². The van der Waals surface area contributed by atoms with Crippen LogP contribution in [0.25, 0.3) is 11.3 Å². The summed E-state index contributed by atoms with van der Waals surface area (Å²) in [7, 11) is 1.51. The van der Waals surface area contributed by atoms with Crippen LogP contribution in [0.15, 0.2) is 16.6 Å². The summed E-state index contributed by atoms with van der Waals surface area (Å²) in [6.07, 6.45) is 0. The molecule has 0 atom stereocenters. The molecule has 0 spiro atoms. The third-order valence-electron chi connectivity index (χ3n) is 2.54. The number of hydrogen-bond acceptors (Lipinski definition) is 6. The first-order chi connectivity index (χ1) is 9.47. The number of halogens is 2. The van der Waals surface area contributed by atoms with Crippen LogP contribution in [-0.4, -0.2) is 17.1 Å². The predicted octanol–water partition coefficient (Wildman–Crippen LogP) is 2.60. The molecule has 0 saturated heterocycles. The van der Waals surface area contributed by atoms with Gasteiger partial charge in [-0.05, 0) is 28.1 Å². The summed E-state index contributed by atoms with van der Waals surface area (Å²) in [6, 6.07) is 5.30. The molecule has 0 aliphatic heterocycles. The number of nitriles is 1. The molecule has 8 heteroatoms. The van der Waals surface area contributed by atoms with Crippen molar-refractivity contribution in [1.82, 2.24) is 9.97 Å². The quantitative estimate of drug-likeness (QED) is 0.857. The van der Waals surface area contributed by atoms with E-state index in [1.165, 1.54) is 7.11 Å². The summed E-state index contributed by atoms with van der Waals surface area (Å²) in [4.78, 5) is 7.82. The lowest BCUT2D eigenvalue weighted by Gasteiger charge is -2.10. The Morgan fingerprint density at radius 2 is 2.05 bits per heavy atom. The van der Waals surface area contributed by atoms with Crippen molar-refractivity contribution in [2.75, 3.05) is 18.6 Å². The van der Waals surface area contributed by atoms with E-state index in [4.69, 9.17) is 27.8 Å². The van der Waals surface area contributed by atoms with Crippen LogP contribution in [0, 0.1) is 11.3 Å². The minimum Gasteiger partial charge on any atom is -0.494 e. The number of nitrogens with two attached hydrogens (primary N) is 2. The van der Waals surface area contributed by atoms with Gasteiger partial charge in [-0.25, -0.2) is 4.98 Å². The maximum absolute atomic E-state index is 9.17. The molecule has 1 heterocycles. The summed E-state index contributed by atoms with van der Waals surface area (Å²) in [5.41, 5.74) is 12.3. The minimum atomic E-state index is -0.0143. The van der Waals surface area contributed by atoms with Crippen LogP contribution < -0.4 is 16.2 Å². The monoisotopic (exact) mass is 353 g/mol. The predicted molar refractivity (Wildman–Crippen MR) is 80.3 cm³/mol. The fourth-order valence-electron chi connectivity index (χ4n) is 1.71. The molecule has 6 nitrogen and oxygen atoms in total. The third kappa shape index (κ3) is 2.48. The number of rotatable bonds is 2. The zero-order valence-electron chi connectivity index (χ0n) is 10.3. The summed E-state index contributed by atoms with van der Waals surface area (Å²) < 4.78 is 5.77. The van der Waals surface area contributed by atoms with Crippen molar-refractivity contribution >= 4 is 39.3 Å². The highest BCUT2D eigenvalue weighted by atomic mass is 79.9. The van der Waals surface area contributed by atoms with Crippen molar-refractivity contribution in [2.24, 2.45) is 0 Å². The highest BCUT2D eigenvalue weighted by molar-refractivity contribution is 9.10. The van der Waals surface area contributed by atoms with E-state index >= 15 is 0 Å². The zero-order valence-corrected chi connectivity index (χ0v) is 12.7. The van der Waals surface area contributed by atoms with Gasteiger partial charge < -0.3 is 16.2 Å². The van der Waals surface area contributed by atoms with Crippen LogP contribution in [0.3, 0.4) is 0 Å². The number of ether oxygens (including phenoxy) is 1. The van der Waals surface area contributed by atoms with Gasteiger partial charge in [0.25, 0.3) is 0 Å². The molecule has 20 heavy (non-hydrogen) atoms. The molecule has 2 aromatic rings. The molecule has 0 aliphatic rings. The van der Waals surface area contributed by atoms with Gasteiger partial charge in [0.2, 0.25) is 5.95 Å². The van der Waals surface area contributed by atoms with Gasteiger partial charge in [0.15, 0.2) is 5.75 Å². The molecular formula is C12H9BrClN5O. The van der Waals surface area contributed by atoms with Crippen molar-refractivity contribution in [1.29, 1.82) is 5.26 Å². The smallest absolute Gasteiger partial charge is 0.222 e. The third-order valence-corrected chi connectivity index (χ3v) is 3.41. The van der Waals surface area contributed by atoms with E-state index in [9.17, 15) is 5.26 Å². The Morgan fingerprint density at radius 1 is 1.35 bits per heavy atom. The van der Waals surface area contributed by atoms with E-state index in [2.05, 4.69) is 25.9 Å². The number of benzene rings is 1. The van der Waals surface area contributed by atoms with Crippen LogP contribution in [0.5, 0.6) is 5.75 Å². The fourth-order valence-corrected chi connectivity index (χ4v) is 2.74. The zero-order chi connectivity index (χ0) is 14.9. The lowest BCUT2D eigenvalue weighted by atomic mass is 10.1. The summed E-state index contributed by atoms with van der Waals surface area (Å²) >= 11 is 9.46. The number of methoxy groups -OCH3 is 1. The van der Waals surface area contributed by atoms with E-state index in [-0.39, 0.29) is 17.3 Å². The molecule has 0 aliphatic carbocycles. The van der Waals surface area contributed by atoms with Gasteiger partial charge in [0.1, 0.15) is 17.5 Å². The van der Waals surface area contributed by atoms with Gasteiger partial charge in [-0.15, -0.1) is 0 Å². The van der Waals surface area contributed by atoms with Crippen molar-refractivity contribution in [3.05, 3.63) is 27.2 Å². The van der Waals surface area contributed by atoms with Crippen molar-refractivity contribution in [2.45, 2.75) is 0 Å². The van der Waals surface area contributed by atoms with Crippen LogP contribution in [0.4, 0.5) is 11.8 Å². The Morgan fingerprint density at radius 3 is 2.60 bits per heavy atom. The molecule has 102 valence electrons. The van der Waals surface area contributed by atoms with Gasteiger partial charge >= 0.3 is 0 Å². The number of nitrogens with zero attached hydrogens (tertiary/aromatic N) is 3. The van der Waals surface area contributed by atoms with Crippen LogP contribution in [0.2, 0.25) is 5.02 Å². The Kier molecular flexibility index (Phi) is 3.97. The molecule has 1 aromatic heterocycles. The first kappa shape index (κ1) is 14.4. The van der Waals surface area contributed by atoms with Crippen molar-refractivity contribution in [3.8, 4) is 23.1 Å². The molecular weight excluding hydrogens is 346 g/mol. The van der Waals surface area contributed by atoms with Gasteiger partial charge in [0.05, 0.1) is 22.3 Å². The fraction of sp³-hybridized carbons (Fsp3) is 0.0833. The van der Waals surface area contributed by atoms with E-state index in [1.54, 1.807) is 12.1 Å². The van der Waals surface area contributed by atoms with Crippen molar-refractivity contribution < 1.29 is 4.74 Å². The average molecular weight is 355 g/mol. The SMILES string of the molecule is COc1c(Cl)cc(-c2nc(N)nc(N)c2C#N)cc1Br. The van der Waals surface area contributed by atoms with E-state index < -0.39 is 0 Å². The Hall–Kier alpha value is -2.04. The molecule has 4 N–H and O–H groups in total.